The van der Waals surface area contributed by atoms with E-state index in [0.717, 1.165) is 24.3 Å². The molecule has 0 aromatic heterocycles. The van der Waals surface area contributed by atoms with Gasteiger partial charge in [-0.05, 0) is 48.4 Å². The smallest absolute Gasteiger partial charge is 0.253 e. The average molecular weight is 283 g/mol. The lowest BCUT2D eigenvalue weighted by Crippen LogP contribution is -2.21. The number of hydrogen-bond donors (Lipinski definition) is 0. The van der Waals surface area contributed by atoms with Crippen LogP contribution in [0.25, 0.3) is 0 Å². The lowest BCUT2D eigenvalue weighted by atomic mass is 10.1. The Kier molecular flexibility index (Phi) is 4.99. The van der Waals surface area contributed by atoms with Gasteiger partial charge in [0.25, 0.3) is 5.91 Å². The quantitative estimate of drug-likeness (QED) is 0.825. The lowest BCUT2D eigenvalue weighted by Gasteiger charge is -2.11. The zero-order valence-electron chi connectivity index (χ0n) is 12.8. The maximum absolute atomic E-state index is 11.8. The van der Waals surface area contributed by atoms with E-state index in [1.165, 1.54) is 5.56 Å². The van der Waals surface area contributed by atoms with Crippen LogP contribution >= 0.6 is 0 Å². The molecule has 21 heavy (non-hydrogen) atoms. The number of rotatable bonds is 5. The molecule has 0 heterocycles. The number of aryl methyl sites for hydroxylation is 1. The largest absolute Gasteiger partial charge is 0.457 e. The standard InChI is InChI=1S/C18H21NO2/c1-4-5-14-6-10-16(11-7-14)21-17-12-8-15(9-13-17)18(20)19(2)3/h6-13H,4-5H2,1-3H3. The Morgan fingerprint density at radius 2 is 1.48 bits per heavy atom. The number of ether oxygens (including phenoxy) is 1. The molecule has 0 saturated heterocycles. The first-order valence-corrected chi connectivity index (χ1v) is 7.18. The highest BCUT2D eigenvalue weighted by atomic mass is 16.5. The Hall–Kier alpha value is -2.29. The molecule has 2 rings (SSSR count). The summed E-state index contributed by atoms with van der Waals surface area (Å²) in [6.07, 6.45) is 2.23. The normalized spacial score (nSPS) is 10.2. The zero-order valence-corrected chi connectivity index (χ0v) is 12.8. The Bertz CT molecular complexity index is 586. The van der Waals surface area contributed by atoms with Crippen molar-refractivity contribution < 1.29 is 9.53 Å². The van der Waals surface area contributed by atoms with E-state index in [2.05, 4.69) is 19.1 Å². The second kappa shape index (κ2) is 6.93. The monoisotopic (exact) mass is 283 g/mol. The molecule has 110 valence electrons. The third-order valence-electron chi connectivity index (χ3n) is 3.21. The summed E-state index contributed by atoms with van der Waals surface area (Å²) < 4.78 is 5.78. The average Bonchev–Trinajstić information content (AvgIpc) is 2.49. The van der Waals surface area contributed by atoms with E-state index >= 15 is 0 Å². The van der Waals surface area contributed by atoms with E-state index in [4.69, 9.17) is 4.74 Å². The van der Waals surface area contributed by atoms with Crippen molar-refractivity contribution in [1.82, 2.24) is 4.90 Å². The predicted molar refractivity (Wildman–Crippen MR) is 85.0 cm³/mol. The van der Waals surface area contributed by atoms with Gasteiger partial charge in [-0.1, -0.05) is 25.5 Å². The molecule has 3 nitrogen and oxygen atoms in total. The SMILES string of the molecule is CCCc1ccc(Oc2ccc(C(=O)N(C)C)cc2)cc1. The summed E-state index contributed by atoms with van der Waals surface area (Å²) >= 11 is 0. The highest BCUT2D eigenvalue weighted by molar-refractivity contribution is 5.93. The van der Waals surface area contributed by atoms with E-state index in [0.29, 0.717) is 5.56 Å². The minimum Gasteiger partial charge on any atom is -0.457 e. The van der Waals surface area contributed by atoms with Crippen LogP contribution < -0.4 is 4.74 Å². The topological polar surface area (TPSA) is 29.5 Å². The lowest BCUT2D eigenvalue weighted by molar-refractivity contribution is 0.0827. The van der Waals surface area contributed by atoms with Gasteiger partial charge in [0.1, 0.15) is 11.5 Å². The molecule has 2 aromatic rings. The van der Waals surface area contributed by atoms with Gasteiger partial charge in [-0.3, -0.25) is 4.79 Å². The molecule has 2 aromatic carbocycles. The summed E-state index contributed by atoms with van der Waals surface area (Å²) in [5.41, 5.74) is 1.97. The summed E-state index contributed by atoms with van der Waals surface area (Å²) in [4.78, 5) is 13.4. The van der Waals surface area contributed by atoms with Crippen LogP contribution in [0.2, 0.25) is 0 Å². The Morgan fingerprint density at radius 3 is 1.95 bits per heavy atom. The van der Waals surface area contributed by atoms with Gasteiger partial charge in [-0.2, -0.15) is 0 Å². The molecule has 0 spiro atoms. The van der Waals surface area contributed by atoms with Crippen LogP contribution in [0.5, 0.6) is 11.5 Å². The van der Waals surface area contributed by atoms with E-state index in [1.54, 1.807) is 31.1 Å². The van der Waals surface area contributed by atoms with Gasteiger partial charge in [0, 0.05) is 19.7 Å². The summed E-state index contributed by atoms with van der Waals surface area (Å²) in [5, 5.41) is 0. The van der Waals surface area contributed by atoms with Gasteiger partial charge >= 0.3 is 0 Å². The van der Waals surface area contributed by atoms with Crippen molar-refractivity contribution >= 4 is 5.91 Å². The summed E-state index contributed by atoms with van der Waals surface area (Å²) in [7, 11) is 3.48. The fourth-order valence-electron chi connectivity index (χ4n) is 2.07. The first kappa shape index (κ1) is 15.1. The first-order valence-electron chi connectivity index (χ1n) is 7.18. The zero-order chi connectivity index (χ0) is 15.2. The Morgan fingerprint density at radius 1 is 0.952 bits per heavy atom. The van der Waals surface area contributed by atoms with Crippen molar-refractivity contribution in [3.8, 4) is 11.5 Å². The predicted octanol–water partition coefficient (Wildman–Crippen LogP) is 4.13. The van der Waals surface area contributed by atoms with Crippen LogP contribution in [0.15, 0.2) is 48.5 Å². The fourth-order valence-corrected chi connectivity index (χ4v) is 2.07. The molecule has 0 saturated carbocycles. The molecule has 0 bridgehead atoms. The third-order valence-corrected chi connectivity index (χ3v) is 3.21. The Labute approximate surface area is 126 Å². The van der Waals surface area contributed by atoms with Gasteiger partial charge < -0.3 is 9.64 Å². The van der Waals surface area contributed by atoms with E-state index in [1.807, 2.05) is 24.3 Å². The van der Waals surface area contributed by atoms with Crippen molar-refractivity contribution in [2.24, 2.45) is 0 Å². The third kappa shape index (κ3) is 4.09. The van der Waals surface area contributed by atoms with Crippen molar-refractivity contribution in [2.45, 2.75) is 19.8 Å². The highest BCUT2D eigenvalue weighted by Gasteiger charge is 2.07. The van der Waals surface area contributed by atoms with Gasteiger partial charge in [-0.15, -0.1) is 0 Å². The summed E-state index contributed by atoms with van der Waals surface area (Å²) in [6, 6.07) is 15.3. The summed E-state index contributed by atoms with van der Waals surface area (Å²) in [6.45, 7) is 2.17. The van der Waals surface area contributed by atoms with Crippen molar-refractivity contribution in [1.29, 1.82) is 0 Å². The van der Waals surface area contributed by atoms with Crippen LogP contribution in [0.3, 0.4) is 0 Å². The highest BCUT2D eigenvalue weighted by Crippen LogP contribution is 2.22. The van der Waals surface area contributed by atoms with E-state index in [9.17, 15) is 4.79 Å². The molecule has 0 N–H and O–H groups in total. The summed E-state index contributed by atoms with van der Waals surface area (Å²) in [5.74, 6) is 1.53. The minimum absolute atomic E-state index is 0.00883. The molecule has 0 unspecified atom stereocenters. The molecular weight excluding hydrogens is 262 g/mol. The first-order chi connectivity index (χ1) is 10.1. The number of amides is 1. The second-order valence-corrected chi connectivity index (χ2v) is 5.22. The van der Waals surface area contributed by atoms with Gasteiger partial charge in [0.15, 0.2) is 0 Å². The van der Waals surface area contributed by atoms with Crippen LogP contribution in [-0.4, -0.2) is 24.9 Å². The van der Waals surface area contributed by atoms with Gasteiger partial charge in [-0.25, -0.2) is 0 Å². The van der Waals surface area contributed by atoms with Crippen molar-refractivity contribution in [2.75, 3.05) is 14.1 Å². The number of hydrogen-bond acceptors (Lipinski definition) is 2. The van der Waals surface area contributed by atoms with Crippen LogP contribution in [0.4, 0.5) is 0 Å². The molecule has 0 fully saturated rings. The Balaban J connectivity index is 2.04. The molecule has 0 atom stereocenters. The molecule has 0 aliphatic carbocycles. The van der Waals surface area contributed by atoms with E-state index < -0.39 is 0 Å². The van der Waals surface area contributed by atoms with Gasteiger partial charge in [0.05, 0.1) is 0 Å². The maximum Gasteiger partial charge on any atom is 0.253 e. The molecule has 3 heteroatoms. The minimum atomic E-state index is -0.00883. The van der Waals surface area contributed by atoms with Crippen LogP contribution in [-0.2, 0) is 6.42 Å². The molecular formula is C18H21NO2. The van der Waals surface area contributed by atoms with Crippen molar-refractivity contribution in [3.05, 3.63) is 59.7 Å². The van der Waals surface area contributed by atoms with Crippen LogP contribution in [0.1, 0.15) is 29.3 Å². The number of carbonyl (C=O) groups is 1. The van der Waals surface area contributed by atoms with Gasteiger partial charge in [0.2, 0.25) is 0 Å². The molecule has 0 radical (unpaired) electrons. The van der Waals surface area contributed by atoms with Crippen molar-refractivity contribution in [3.63, 3.8) is 0 Å². The molecule has 0 aliphatic rings. The number of benzene rings is 2. The van der Waals surface area contributed by atoms with E-state index in [-0.39, 0.29) is 5.91 Å². The van der Waals surface area contributed by atoms with Crippen LogP contribution in [0, 0.1) is 0 Å². The molecule has 1 amide bonds. The fraction of sp³-hybridized carbons (Fsp3) is 0.278. The molecule has 0 aliphatic heterocycles. The maximum atomic E-state index is 11.8. The second-order valence-electron chi connectivity index (χ2n) is 5.22. The number of carbonyl (C=O) groups excluding carboxylic acids is 1. The number of nitrogens with zero attached hydrogens (tertiary/aromatic N) is 1.